The van der Waals surface area contributed by atoms with E-state index >= 15 is 0 Å². The Bertz CT molecular complexity index is 323. The van der Waals surface area contributed by atoms with Crippen molar-refractivity contribution in [3.05, 3.63) is 29.6 Å². The molecule has 1 fully saturated rings. The third-order valence-corrected chi connectivity index (χ3v) is 2.56. The zero-order valence-corrected chi connectivity index (χ0v) is 9.76. The summed E-state index contributed by atoms with van der Waals surface area (Å²) in [6.07, 6.45) is 0. The number of phenolic OH excluding ortho intramolecular Hbond substituents is 1. The Morgan fingerprint density at radius 1 is 1.25 bits per heavy atom. The van der Waals surface area contributed by atoms with E-state index in [9.17, 15) is 9.50 Å². The molecule has 1 aromatic rings. The highest BCUT2D eigenvalue weighted by molar-refractivity contribution is 5.85. The highest BCUT2D eigenvalue weighted by atomic mass is 35.5. The summed E-state index contributed by atoms with van der Waals surface area (Å²) in [5.41, 5.74) is 0.828. The van der Waals surface area contributed by atoms with Crippen LogP contribution in [0.2, 0.25) is 0 Å². The first-order valence-corrected chi connectivity index (χ1v) is 5.15. The van der Waals surface area contributed by atoms with Crippen LogP contribution in [0.5, 0.6) is 5.75 Å². The molecule has 0 aliphatic carbocycles. The van der Waals surface area contributed by atoms with Crippen LogP contribution in [0.3, 0.4) is 0 Å². The van der Waals surface area contributed by atoms with Crippen LogP contribution < -0.4 is 5.32 Å². The molecule has 1 saturated heterocycles. The second-order valence-corrected chi connectivity index (χ2v) is 3.84. The van der Waals surface area contributed by atoms with E-state index in [-0.39, 0.29) is 24.0 Å². The van der Waals surface area contributed by atoms with Gasteiger partial charge in [-0.25, -0.2) is 4.39 Å². The number of hydrogen-bond acceptors (Lipinski definition) is 3. The number of rotatable bonds is 2. The molecule has 0 radical (unpaired) electrons. The first kappa shape index (κ1) is 13.2. The molecule has 0 saturated carbocycles. The van der Waals surface area contributed by atoms with E-state index in [0.29, 0.717) is 6.54 Å². The average molecular weight is 247 g/mol. The van der Waals surface area contributed by atoms with Gasteiger partial charge in [0.2, 0.25) is 0 Å². The van der Waals surface area contributed by atoms with Crippen molar-refractivity contribution in [2.24, 2.45) is 0 Å². The van der Waals surface area contributed by atoms with Crippen LogP contribution in [0.15, 0.2) is 18.2 Å². The smallest absolute Gasteiger partial charge is 0.127 e. The summed E-state index contributed by atoms with van der Waals surface area (Å²) in [5.74, 6) is -0.375. The number of piperazine rings is 1. The summed E-state index contributed by atoms with van der Waals surface area (Å²) in [7, 11) is 0. The molecule has 5 heteroatoms. The van der Waals surface area contributed by atoms with Gasteiger partial charge in [0.15, 0.2) is 0 Å². The SMILES string of the molecule is Cl.Oc1cc(F)cc(CN2CCNCC2)c1. The van der Waals surface area contributed by atoms with E-state index in [4.69, 9.17) is 0 Å². The molecule has 0 unspecified atom stereocenters. The van der Waals surface area contributed by atoms with Gasteiger partial charge >= 0.3 is 0 Å². The molecule has 1 aliphatic rings. The first-order valence-electron chi connectivity index (χ1n) is 5.15. The van der Waals surface area contributed by atoms with Gasteiger partial charge in [-0.05, 0) is 17.7 Å². The van der Waals surface area contributed by atoms with E-state index in [1.54, 1.807) is 6.07 Å². The molecule has 3 nitrogen and oxygen atoms in total. The van der Waals surface area contributed by atoms with Crippen LogP contribution in [-0.4, -0.2) is 36.2 Å². The van der Waals surface area contributed by atoms with Gasteiger partial charge < -0.3 is 10.4 Å². The third kappa shape index (κ3) is 3.63. The minimum absolute atomic E-state index is 0. The Hall–Kier alpha value is -0.840. The molecular weight excluding hydrogens is 231 g/mol. The number of hydrogen-bond donors (Lipinski definition) is 2. The molecule has 2 rings (SSSR count). The van der Waals surface area contributed by atoms with E-state index < -0.39 is 0 Å². The average Bonchev–Trinajstić information content (AvgIpc) is 2.17. The second-order valence-electron chi connectivity index (χ2n) is 3.84. The molecule has 1 heterocycles. The Kier molecular flexibility index (Phi) is 4.99. The van der Waals surface area contributed by atoms with Gasteiger partial charge in [0, 0.05) is 38.8 Å². The van der Waals surface area contributed by atoms with Crippen LogP contribution in [0.4, 0.5) is 4.39 Å². The van der Waals surface area contributed by atoms with Crippen LogP contribution >= 0.6 is 12.4 Å². The quantitative estimate of drug-likeness (QED) is 0.827. The zero-order chi connectivity index (χ0) is 10.7. The topological polar surface area (TPSA) is 35.5 Å². The van der Waals surface area contributed by atoms with E-state index in [1.165, 1.54) is 6.07 Å². The maximum absolute atomic E-state index is 13.0. The summed E-state index contributed by atoms with van der Waals surface area (Å²) < 4.78 is 13.0. The van der Waals surface area contributed by atoms with Gasteiger partial charge in [-0.2, -0.15) is 0 Å². The molecule has 1 aromatic carbocycles. The largest absolute Gasteiger partial charge is 0.508 e. The van der Waals surface area contributed by atoms with Crippen molar-refractivity contribution < 1.29 is 9.50 Å². The number of phenols is 1. The van der Waals surface area contributed by atoms with E-state index in [2.05, 4.69) is 10.2 Å². The van der Waals surface area contributed by atoms with Crippen molar-refractivity contribution in [3.63, 3.8) is 0 Å². The number of aromatic hydroxyl groups is 1. The Morgan fingerprint density at radius 3 is 2.56 bits per heavy atom. The van der Waals surface area contributed by atoms with Gasteiger partial charge in [-0.3, -0.25) is 4.90 Å². The molecule has 0 aromatic heterocycles. The summed E-state index contributed by atoms with van der Waals surface area (Å²) in [5, 5.41) is 12.5. The zero-order valence-electron chi connectivity index (χ0n) is 8.95. The molecule has 1 aliphatic heterocycles. The van der Waals surface area contributed by atoms with Gasteiger partial charge in [0.25, 0.3) is 0 Å². The summed E-state index contributed by atoms with van der Waals surface area (Å²) in [4.78, 5) is 2.24. The van der Waals surface area contributed by atoms with Crippen molar-refractivity contribution in [2.75, 3.05) is 26.2 Å². The fraction of sp³-hybridized carbons (Fsp3) is 0.455. The Labute approximate surface area is 101 Å². The Balaban J connectivity index is 0.00000128. The molecule has 0 spiro atoms. The standard InChI is InChI=1S/C11H15FN2O.ClH/c12-10-5-9(6-11(15)7-10)8-14-3-1-13-2-4-14;/h5-7,13,15H,1-4,8H2;1H. The number of nitrogens with zero attached hydrogens (tertiary/aromatic N) is 1. The van der Waals surface area contributed by atoms with Gasteiger partial charge in [0.05, 0.1) is 0 Å². The fourth-order valence-electron chi connectivity index (χ4n) is 1.85. The highest BCUT2D eigenvalue weighted by Crippen LogP contribution is 2.16. The molecule has 0 atom stereocenters. The maximum Gasteiger partial charge on any atom is 0.127 e. The predicted molar refractivity (Wildman–Crippen MR) is 63.5 cm³/mol. The minimum Gasteiger partial charge on any atom is -0.508 e. The lowest BCUT2D eigenvalue weighted by Gasteiger charge is -2.27. The predicted octanol–water partition coefficient (Wildman–Crippen LogP) is 1.36. The van der Waals surface area contributed by atoms with Gasteiger partial charge in [-0.1, -0.05) is 0 Å². The Morgan fingerprint density at radius 2 is 1.94 bits per heavy atom. The van der Waals surface area contributed by atoms with Gasteiger partial charge in [-0.15, -0.1) is 12.4 Å². The van der Waals surface area contributed by atoms with Crippen molar-refractivity contribution in [3.8, 4) is 5.75 Å². The third-order valence-electron chi connectivity index (χ3n) is 2.56. The molecule has 90 valence electrons. The summed E-state index contributed by atoms with van der Waals surface area (Å²) in [6, 6.07) is 4.22. The van der Waals surface area contributed by atoms with Crippen molar-refractivity contribution in [1.29, 1.82) is 0 Å². The minimum atomic E-state index is -0.375. The second kappa shape index (κ2) is 6.03. The molecule has 2 N–H and O–H groups in total. The van der Waals surface area contributed by atoms with Crippen molar-refractivity contribution in [1.82, 2.24) is 10.2 Å². The van der Waals surface area contributed by atoms with Gasteiger partial charge in [0.1, 0.15) is 11.6 Å². The molecule has 16 heavy (non-hydrogen) atoms. The number of halogens is 2. The van der Waals surface area contributed by atoms with Crippen molar-refractivity contribution >= 4 is 12.4 Å². The van der Waals surface area contributed by atoms with Crippen LogP contribution in [0.1, 0.15) is 5.56 Å². The maximum atomic E-state index is 13.0. The van der Waals surface area contributed by atoms with Crippen LogP contribution in [0, 0.1) is 5.82 Å². The number of nitrogens with one attached hydrogen (secondary N) is 1. The normalized spacial score (nSPS) is 16.8. The molecule has 0 amide bonds. The van der Waals surface area contributed by atoms with E-state index in [1.807, 2.05) is 0 Å². The van der Waals surface area contributed by atoms with Crippen molar-refractivity contribution in [2.45, 2.75) is 6.54 Å². The lowest BCUT2D eigenvalue weighted by molar-refractivity contribution is 0.232. The monoisotopic (exact) mass is 246 g/mol. The summed E-state index contributed by atoms with van der Waals surface area (Å²) >= 11 is 0. The summed E-state index contributed by atoms with van der Waals surface area (Å²) in [6.45, 7) is 4.59. The molecular formula is C11H16ClFN2O. The molecule has 0 bridgehead atoms. The first-order chi connectivity index (χ1) is 7.24. The lowest BCUT2D eigenvalue weighted by Crippen LogP contribution is -2.42. The lowest BCUT2D eigenvalue weighted by atomic mass is 10.2. The number of benzene rings is 1. The highest BCUT2D eigenvalue weighted by Gasteiger charge is 2.10. The van der Waals surface area contributed by atoms with Crippen LogP contribution in [0.25, 0.3) is 0 Å². The van der Waals surface area contributed by atoms with Crippen LogP contribution in [-0.2, 0) is 6.54 Å². The fourth-order valence-corrected chi connectivity index (χ4v) is 1.85. The van der Waals surface area contributed by atoms with E-state index in [0.717, 1.165) is 37.8 Å².